The quantitative estimate of drug-likeness (QED) is 0.532. The predicted octanol–water partition coefficient (Wildman–Crippen LogP) is 2.98. The van der Waals surface area contributed by atoms with E-state index in [2.05, 4.69) is 25.9 Å². The number of nitrogens with zero attached hydrogens (tertiary/aromatic N) is 4. The number of nitrogens with one attached hydrogen (secondary N) is 2. The molecular formula is C17H12N6OS2. The molecule has 0 spiro atoms. The molecule has 2 aromatic carbocycles. The summed E-state index contributed by atoms with van der Waals surface area (Å²) in [7, 11) is 0. The first kappa shape index (κ1) is 16.3. The molecule has 1 amide bonds. The molecule has 4 rings (SSSR count). The van der Waals surface area contributed by atoms with Gasteiger partial charge in [0.05, 0.1) is 0 Å². The maximum atomic E-state index is 12.1. The van der Waals surface area contributed by atoms with Crippen molar-refractivity contribution < 1.29 is 4.79 Å². The molecule has 0 unspecified atom stereocenters. The van der Waals surface area contributed by atoms with Crippen LogP contribution in [0.15, 0.2) is 60.9 Å². The molecule has 0 aliphatic heterocycles. The van der Waals surface area contributed by atoms with Crippen molar-refractivity contribution in [1.29, 1.82) is 0 Å². The van der Waals surface area contributed by atoms with Crippen molar-refractivity contribution in [3.05, 3.63) is 66.5 Å². The highest BCUT2D eigenvalue weighted by molar-refractivity contribution is 7.80. The Morgan fingerprint density at radius 2 is 1.96 bits per heavy atom. The highest BCUT2D eigenvalue weighted by Crippen LogP contribution is 2.26. The monoisotopic (exact) mass is 380 g/mol. The summed E-state index contributed by atoms with van der Waals surface area (Å²) in [5.74, 6) is -0.257. The molecular weight excluding hydrogens is 368 g/mol. The maximum absolute atomic E-state index is 12.1. The van der Waals surface area contributed by atoms with Gasteiger partial charge in [0, 0.05) is 16.8 Å². The largest absolute Gasteiger partial charge is 0.332 e. The van der Waals surface area contributed by atoms with Gasteiger partial charge in [-0.15, -0.1) is 10.2 Å². The third kappa shape index (κ3) is 3.44. The molecule has 0 bridgehead atoms. The lowest BCUT2D eigenvalue weighted by atomic mass is 10.2. The van der Waals surface area contributed by atoms with Gasteiger partial charge in [-0.05, 0) is 36.5 Å². The number of rotatable bonds is 3. The Morgan fingerprint density at radius 1 is 1.12 bits per heavy atom. The first-order valence-corrected chi connectivity index (χ1v) is 8.86. The molecule has 7 nitrogen and oxygen atoms in total. The first-order valence-electron chi connectivity index (χ1n) is 7.64. The van der Waals surface area contributed by atoms with Crippen molar-refractivity contribution in [2.45, 2.75) is 0 Å². The van der Waals surface area contributed by atoms with Crippen molar-refractivity contribution in [2.24, 2.45) is 0 Å². The van der Waals surface area contributed by atoms with Crippen LogP contribution in [0.1, 0.15) is 10.4 Å². The van der Waals surface area contributed by atoms with E-state index in [1.54, 1.807) is 35.1 Å². The molecule has 0 saturated carbocycles. The van der Waals surface area contributed by atoms with Crippen molar-refractivity contribution in [1.82, 2.24) is 25.1 Å². The summed E-state index contributed by atoms with van der Waals surface area (Å²) >= 11 is 6.67. The molecule has 9 heteroatoms. The summed E-state index contributed by atoms with van der Waals surface area (Å²) in [5.41, 5.74) is 2.22. The van der Waals surface area contributed by atoms with Crippen molar-refractivity contribution in [3.63, 3.8) is 0 Å². The second-order valence-corrected chi connectivity index (χ2v) is 6.68. The smallest absolute Gasteiger partial charge is 0.257 e. The minimum Gasteiger partial charge on any atom is -0.332 e. The Bertz CT molecular complexity index is 1060. The lowest BCUT2D eigenvalue weighted by Gasteiger charge is -2.10. The second-order valence-electron chi connectivity index (χ2n) is 5.32. The summed E-state index contributed by atoms with van der Waals surface area (Å²) in [6, 6.07) is 16.5. The molecule has 26 heavy (non-hydrogen) atoms. The zero-order chi connectivity index (χ0) is 17.9. The molecule has 2 aromatic heterocycles. The molecule has 0 aliphatic carbocycles. The molecule has 2 heterocycles. The Labute approximate surface area is 157 Å². The number of carbonyl (C=O) groups excluding carboxylic acids is 1. The fraction of sp³-hybridized carbons (Fsp3) is 0. The summed E-state index contributed by atoms with van der Waals surface area (Å²) in [6.45, 7) is 0. The van der Waals surface area contributed by atoms with Gasteiger partial charge < -0.3 is 5.32 Å². The van der Waals surface area contributed by atoms with Crippen LogP contribution in [0.25, 0.3) is 15.5 Å². The first-order chi connectivity index (χ1) is 12.7. The van der Waals surface area contributed by atoms with E-state index in [1.165, 1.54) is 11.3 Å². The third-order valence-electron chi connectivity index (χ3n) is 3.52. The van der Waals surface area contributed by atoms with Crippen LogP contribution in [-0.4, -0.2) is 30.8 Å². The second kappa shape index (κ2) is 6.98. The van der Waals surface area contributed by atoms with E-state index in [1.807, 2.05) is 30.3 Å². The van der Waals surface area contributed by atoms with Gasteiger partial charge >= 0.3 is 0 Å². The van der Waals surface area contributed by atoms with E-state index >= 15 is 0 Å². The zero-order valence-electron chi connectivity index (χ0n) is 13.3. The normalized spacial score (nSPS) is 10.6. The van der Waals surface area contributed by atoms with Crippen LogP contribution < -0.4 is 10.6 Å². The van der Waals surface area contributed by atoms with Gasteiger partial charge in [-0.25, -0.2) is 0 Å². The van der Waals surface area contributed by atoms with E-state index in [0.29, 0.717) is 5.56 Å². The van der Waals surface area contributed by atoms with Gasteiger partial charge in [0.1, 0.15) is 11.3 Å². The number of benzene rings is 2. The zero-order valence-corrected chi connectivity index (χ0v) is 14.9. The predicted molar refractivity (Wildman–Crippen MR) is 104 cm³/mol. The van der Waals surface area contributed by atoms with Crippen LogP contribution in [-0.2, 0) is 0 Å². The van der Waals surface area contributed by atoms with E-state index in [-0.39, 0.29) is 11.0 Å². The Morgan fingerprint density at radius 3 is 2.77 bits per heavy atom. The van der Waals surface area contributed by atoms with Gasteiger partial charge in [-0.2, -0.15) is 9.61 Å². The number of anilines is 1. The fourth-order valence-electron chi connectivity index (χ4n) is 2.33. The van der Waals surface area contributed by atoms with E-state index in [0.717, 1.165) is 21.2 Å². The number of thiocarbonyl (C=S) groups is 1. The molecule has 0 fully saturated rings. The van der Waals surface area contributed by atoms with Gasteiger partial charge in [-0.3, -0.25) is 10.1 Å². The topological polar surface area (TPSA) is 84.2 Å². The maximum Gasteiger partial charge on any atom is 0.257 e. The lowest BCUT2D eigenvalue weighted by Crippen LogP contribution is -2.34. The molecule has 0 saturated heterocycles. The van der Waals surface area contributed by atoms with Crippen LogP contribution >= 0.6 is 23.6 Å². The van der Waals surface area contributed by atoms with E-state index in [4.69, 9.17) is 12.2 Å². The number of carbonyl (C=O) groups is 1. The van der Waals surface area contributed by atoms with Crippen LogP contribution in [0.2, 0.25) is 0 Å². The van der Waals surface area contributed by atoms with E-state index < -0.39 is 0 Å². The number of hydrogen-bond acceptors (Lipinski definition) is 6. The molecule has 4 aromatic rings. The van der Waals surface area contributed by atoms with Crippen LogP contribution in [0.5, 0.6) is 0 Å². The SMILES string of the molecule is O=C(NC(=S)Nc1cccc(-c2nn3cnnc3s2)c1)c1ccccc1. The number of fused-ring (bicyclic) bond motifs is 1. The van der Waals surface area contributed by atoms with Crippen LogP contribution in [0, 0.1) is 0 Å². The van der Waals surface area contributed by atoms with Gasteiger partial charge in [0.25, 0.3) is 5.91 Å². The summed E-state index contributed by atoms with van der Waals surface area (Å²) in [5, 5.41) is 18.9. The number of amides is 1. The van der Waals surface area contributed by atoms with Gasteiger partial charge in [-0.1, -0.05) is 41.7 Å². The Kier molecular flexibility index (Phi) is 4.38. The van der Waals surface area contributed by atoms with Crippen molar-refractivity contribution >= 4 is 45.2 Å². The minimum absolute atomic E-state index is 0.231. The third-order valence-corrected chi connectivity index (χ3v) is 4.68. The average molecular weight is 380 g/mol. The highest BCUT2D eigenvalue weighted by atomic mass is 32.1. The molecule has 0 radical (unpaired) electrons. The van der Waals surface area contributed by atoms with Gasteiger partial charge in [0.2, 0.25) is 4.96 Å². The molecule has 128 valence electrons. The van der Waals surface area contributed by atoms with Crippen LogP contribution in [0.3, 0.4) is 0 Å². The average Bonchev–Trinajstić information content (AvgIpc) is 3.24. The number of aromatic nitrogens is 4. The summed E-state index contributed by atoms with van der Waals surface area (Å²) < 4.78 is 1.63. The fourth-order valence-corrected chi connectivity index (χ4v) is 3.36. The van der Waals surface area contributed by atoms with E-state index in [9.17, 15) is 4.79 Å². The van der Waals surface area contributed by atoms with Gasteiger partial charge in [0.15, 0.2) is 5.11 Å². The highest BCUT2D eigenvalue weighted by Gasteiger charge is 2.10. The Balaban J connectivity index is 1.47. The van der Waals surface area contributed by atoms with Crippen LogP contribution in [0.4, 0.5) is 5.69 Å². The Hall–Kier alpha value is -3.17. The summed E-state index contributed by atoms with van der Waals surface area (Å²) in [6.07, 6.45) is 1.56. The molecule has 2 N–H and O–H groups in total. The van der Waals surface area contributed by atoms with Crippen molar-refractivity contribution in [2.75, 3.05) is 5.32 Å². The number of hydrogen-bond donors (Lipinski definition) is 2. The molecule has 0 aliphatic rings. The minimum atomic E-state index is -0.257. The molecule has 0 atom stereocenters. The lowest BCUT2D eigenvalue weighted by molar-refractivity contribution is 0.0977. The standard InChI is InChI=1S/C17H12N6OS2/c24-14(11-5-2-1-3-6-11)20-16(25)19-13-8-4-7-12(9-13)15-22-23-10-18-21-17(23)26-15/h1-10H,(H2,19,20,24,25). The van der Waals surface area contributed by atoms with Crippen molar-refractivity contribution in [3.8, 4) is 10.6 Å². The summed E-state index contributed by atoms with van der Waals surface area (Å²) in [4.78, 5) is 12.9.